The van der Waals surface area contributed by atoms with Gasteiger partial charge in [-0.05, 0) is 38.1 Å². The summed E-state index contributed by atoms with van der Waals surface area (Å²) in [6.45, 7) is 5.98. The number of likely N-dealkylation sites (tertiary alicyclic amines) is 1. The molecular formula is C16H23BrN2O2. The van der Waals surface area contributed by atoms with Crippen molar-refractivity contribution in [2.75, 3.05) is 20.1 Å². The first-order valence-electron chi connectivity index (χ1n) is 7.47. The molecule has 1 amide bonds. The summed E-state index contributed by atoms with van der Waals surface area (Å²) in [5, 5.41) is 3.46. The Labute approximate surface area is 135 Å². The van der Waals surface area contributed by atoms with Crippen molar-refractivity contribution in [1.82, 2.24) is 10.2 Å². The molecule has 2 rings (SSSR count). The lowest BCUT2D eigenvalue weighted by Crippen LogP contribution is -2.30. The highest BCUT2D eigenvalue weighted by molar-refractivity contribution is 9.10. The summed E-state index contributed by atoms with van der Waals surface area (Å²) in [6.07, 6.45) is 1.48. The van der Waals surface area contributed by atoms with Gasteiger partial charge in [-0.2, -0.15) is 0 Å². The summed E-state index contributed by atoms with van der Waals surface area (Å²) in [6, 6.07) is 6.14. The van der Waals surface area contributed by atoms with Crippen LogP contribution >= 0.6 is 15.9 Å². The Balaban J connectivity index is 2.16. The van der Waals surface area contributed by atoms with Gasteiger partial charge in [0.05, 0.1) is 0 Å². The number of ether oxygens (including phenoxy) is 1. The Bertz CT molecular complexity index is 507. The number of carbonyl (C=O) groups excluding carboxylic acids is 1. The van der Waals surface area contributed by atoms with Gasteiger partial charge in [0.2, 0.25) is 0 Å². The van der Waals surface area contributed by atoms with E-state index >= 15 is 0 Å². The van der Waals surface area contributed by atoms with Crippen molar-refractivity contribution in [3.05, 3.63) is 28.2 Å². The fourth-order valence-electron chi connectivity index (χ4n) is 2.49. The fraction of sp³-hybridized carbons (Fsp3) is 0.562. The first-order chi connectivity index (χ1) is 10.0. The van der Waals surface area contributed by atoms with Crippen molar-refractivity contribution in [3.63, 3.8) is 0 Å². The molecule has 1 heterocycles. The molecule has 116 valence electrons. The Hall–Kier alpha value is -1.07. The number of hydrogen-bond acceptors (Lipinski definition) is 3. The molecule has 0 saturated carbocycles. The number of nitrogens with one attached hydrogen (secondary N) is 1. The molecule has 2 atom stereocenters. The summed E-state index contributed by atoms with van der Waals surface area (Å²) >= 11 is 3.51. The van der Waals surface area contributed by atoms with E-state index in [2.05, 4.69) is 41.2 Å². The molecule has 0 radical (unpaired) electrons. The molecule has 1 aliphatic heterocycles. The summed E-state index contributed by atoms with van der Waals surface area (Å²) < 4.78 is 7.01. The molecule has 0 spiro atoms. The predicted octanol–water partition coefficient (Wildman–Crippen LogP) is 3.12. The summed E-state index contributed by atoms with van der Waals surface area (Å²) in [7, 11) is 1.82. The van der Waals surface area contributed by atoms with Gasteiger partial charge in [0.1, 0.15) is 5.75 Å². The molecule has 0 aliphatic carbocycles. The molecule has 1 aliphatic rings. The van der Waals surface area contributed by atoms with Gasteiger partial charge in [0.25, 0.3) is 5.91 Å². The second kappa shape index (κ2) is 7.27. The SMILES string of the molecule is CCCNC(C)c1cc(Br)ccc1OC1CCN(C)C1=O. The first kappa shape index (κ1) is 16.3. The lowest BCUT2D eigenvalue weighted by atomic mass is 10.1. The monoisotopic (exact) mass is 354 g/mol. The molecular weight excluding hydrogens is 332 g/mol. The van der Waals surface area contributed by atoms with E-state index in [0.29, 0.717) is 0 Å². The molecule has 21 heavy (non-hydrogen) atoms. The van der Waals surface area contributed by atoms with Crippen LogP contribution in [0.1, 0.15) is 38.3 Å². The van der Waals surface area contributed by atoms with Crippen LogP contribution in [0.25, 0.3) is 0 Å². The van der Waals surface area contributed by atoms with E-state index < -0.39 is 0 Å². The molecule has 2 unspecified atom stereocenters. The van der Waals surface area contributed by atoms with Gasteiger partial charge < -0.3 is 15.0 Å². The summed E-state index contributed by atoms with van der Waals surface area (Å²) in [5.41, 5.74) is 1.08. The number of carbonyl (C=O) groups is 1. The highest BCUT2D eigenvalue weighted by atomic mass is 79.9. The summed E-state index contributed by atoms with van der Waals surface area (Å²) in [4.78, 5) is 13.7. The zero-order valence-electron chi connectivity index (χ0n) is 12.9. The van der Waals surface area contributed by atoms with Crippen LogP contribution in [0.2, 0.25) is 0 Å². The second-order valence-electron chi connectivity index (χ2n) is 5.51. The van der Waals surface area contributed by atoms with E-state index in [4.69, 9.17) is 4.74 Å². The highest BCUT2D eigenvalue weighted by Crippen LogP contribution is 2.30. The van der Waals surface area contributed by atoms with Crippen molar-refractivity contribution in [1.29, 1.82) is 0 Å². The van der Waals surface area contributed by atoms with Crippen LogP contribution in [0.3, 0.4) is 0 Å². The Morgan fingerprint density at radius 1 is 1.52 bits per heavy atom. The third-order valence-corrected chi connectivity index (χ3v) is 4.28. The largest absolute Gasteiger partial charge is 0.480 e. The Kier molecular flexibility index (Phi) is 5.65. The third kappa shape index (κ3) is 3.98. The molecule has 1 aromatic rings. The average Bonchev–Trinajstić information content (AvgIpc) is 2.78. The van der Waals surface area contributed by atoms with Crippen molar-refractivity contribution in [2.45, 2.75) is 38.8 Å². The number of nitrogens with zero attached hydrogens (tertiary/aromatic N) is 1. The normalized spacial score (nSPS) is 19.9. The van der Waals surface area contributed by atoms with Crippen molar-refractivity contribution >= 4 is 21.8 Å². The van der Waals surface area contributed by atoms with E-state index in [0.717, 1.165) is 41.7 Å². The lowest BCUT2D eigenvalue weighted by molar-refractivity contribution is -0.132. The van der Waals surface area contributed by atoms with Crippen LogP contribution in [0, 0.1) is 0 Å². The lowest BCUT2D eigenvalue weighted by Gasteiger charge is -2.21. The minimum absolute atomic E-state index is 0.0676. The standard InChI is InChI=1S/C16H23BrN2O2/c1-4-8-18-11(2)13-10-12(17)5-6-14(13)21-15-7-9-19(3)16(15)20/h5-6,10-11,15,18H,4,7-9H2,1-3H3. The first-order valence-corrected chi connectivity index (χ1v) is 8.26. The number of likely N-dealkylation sites (N-methyl/N-ethyl adjacent to an activating group) is 1. The van der Waals surface area contributed by atoms with Crippen LogP contribution in [-0.2, 0) is 4.79 Å². The van der Waals surface area contributed by atoms with Gasteiger partial charge >= 0.3 is 0 Å². The molecule has 1 saturated heterocycles. The van der Waals surface area contributed by atoms with Gasteiger partial charge in [0, 0.05) is 36.1 Å². The fourth-order valence-corrected chi connectivity index (χ4v) is 2.87. The van der Waals surface area contributed by atoms with Crippen molar-refractivity contribution < 1.29 is 9.53 Å². The number of amides is 1. The number of hydrogen-bond donors (Lipinski definition) is 1. The zero-order valence-corrected chi connectivity index (χ0v) is 14.4. The van der Waals surface area contributed by atoms with Gasteiger partial charge in [-0.25, -0.2) is 0 Å². The minimum Gasteiger partial charge on any atom is -0.480 e. The van der Waals surface area contributed by atoms with Crippen LogP contribution in [0.4, 0.5) is 0 Å². The minimum atomic E-state index is -0.353. The van der Waals surface area contributed by atoms with Gasteiger partial charge in [0.15, 0.2) is 6.10 Å². The van der Waals surface area contributed by atoms with Crippen LogP contribution in [0.5, 0.6) is 5.75 Å². The smallest absolute Gasteiger partial charge is 0.263 e. The third-order valence-electron chi connectivity index (χ3n) is 3.79. The van der Waals surface area contributed by atoms with Crippen molar-refractivity contribution in [3.8, 4) is 5.75 Å². The van der Waals surface area contributed by atoms with Gasteiger partial charge in [-0.3, -0.25) is 4.79 Å². The van der Waals surface area contributed by atoms with E-state index in [1.807, 2.05) is 19.2 Å². The van der Waals surface area contributed by atoms with E-state index in [9.17, 15) is 4.79 Å². The number of halogens is 1. The summed E-state index contributed by atoms with van der Waals surface area (Å²) in [5.74, 6) is 0.862. The second-order valence-corrected chi connectivity index (χ2v) is 6.43. The predicted molar refractivity (Wildman–Crippen MR) is 87.5 cm³/mol. The maximum absolute atomic E-state index is 12.0. The molecule has 1 aromatic carbocycles. The topological polar surface area (TPSA) is 41.6 Å². The zero-order chi connectivity index (χ0) is 15.4. The van der Waals surface area contributed by atoms with Crippen LogP contribution < -0.4 is 10.1 Å². The average molecular weight is 355 g/mol. The molecule has 0 aromatic heterocycles. The maximum atomic E-state index is 12.0. The van der Waals surface area contributed by atoms with E-state index in [1.54, 1.807) is 4.90 Å². The molecule has 1 fully saturated rings. The molecule has 5 heteroatoms. The molecule has 4 nitrogen and oxygen atoms in total. The van der Waals surface area contributed by atoms with Crippen LogP contribution in [0.15, 0.2) is 22.7 Å². The van der Waals surface area contributed by atoms with Gasteiger partial charge in [-0.15, -0.1) is 0 Å². The van der Waals surface area contributed by atoms with E-state index in [-0.39, 0.29) is 18.1 Å². The quantitative estimate of drug-likeness (QED) is 0.853. The number of rotatable bonds is 6. The molecule has 0 bridgehead atoms. The number of benzene rings is 1. The highest BCUT2D eigenvalue weighted by Gasteiger charge is 2.31. The van der Waals surface area contributed by atoms with Crippen molar-refractivity contribution in [2.24, 2.45) is 0 Å². The van der Waals surface area contributed by atoms with E-state index in [1.165, 1.54) is 0 Å². The Morgan fingerprint density at radius 2 is 2.29 bits per heavy atom. The van der Waals surface area contributed by atoms with Gasteiger partial charge in [-0.1, -0.05) is 22.9 Å². The Morgan fingerprint density at radius 3 is 2.90 bits per heavy atom. The van der Waals surface area contributed by atoms with Crippen LogP contribution in [-0.4, -0.2) is 37.0 Å². The molecule has 1 N–H and O–H groups in total. The maximum Gasteiger partial charge on any atom is 0.263 e.